The van der Waals surface area contributed by atoms with Gasteiger partial charge in [-0.05, 0) is 61.4 Å². The summed E-state index contributed by atoms with van der Waals surface area (Å²) in [5.74, 6) is -0.271. The molecule has 3 unspecified atom stereocenters. The second-order valence-electron chi connectivity index (χ2n) is 10.6. The summed E-state index contributed by atoms with van der Waals surface area (Å²) >= 11 is 0. The van der Waals surface area contributed by atoms with Crippen LogP contribution >= 0.6 is 0 Å². The lowest BCUT2D eigenvalue weighted by Crippen LogP contribution is -2.73. The van der Waals surface area contributed by atoms with Gasteiger partial charge in [-0.3, -0.25) is 14.6 Å². The van der Waals surface area contributed by atoms with Crippen LogP contribution < -0.4 is 27.4 Å². The number of amides is 2. The fourth-order valence-electron chi connectivity index (χ4n) is 6.45. The smallest absolute Gasteiger partial charge is 0.270 e. The number of benzene rings is 1. The number of carbonyl (C=O) groups is 2. The number of hydrogen-bond donors (Lipinski definition) is 6. The molecule has 1 aromatic carbocycles. The number of aliphatic imine (C=N–C) groups is 2. The highest BCUT2D eigenvalue weighted by Gasteiger charge is 2.65. The molecule has 1 aliphatic carbocycles. The number of nitrogens with zero attached hydrogens (tertiary/aromatic N) is 4. The van der Waals surface area contributed by atoms with Gasteiger partial charge in [0.15, 0.2) is 17.6 Å². The van der Waals surface area contributed by atoms with E-state index in [0.29, 0.717) is 11.3 Å². The Morgan fingerprint density at radius 2 is 1.97 bits per heavy atom. The lowest BCUT2D eigenvalue weighted by Gasteiger charge is -2.46. The van der Waals surface area contributed by atoms with Crippen LogP contribution in [0.25, 0.3) is 0 Å². The number of hydrogen-bond acceptors (Lipinski definition) is 10. The van der Waals surface area contributed by atoms with Gasteiger partial charge in [-0.15, -0.1) is 0 Å². The summed E-state index contributed by atoms with van der Waals surface area (Å²) in [6.07, 6.45) is 4.45. The van der Waals surface area contributed by atoms with E-state index in [0.717, 1.165) is 36.8 Å². The van der Waals surface area contributed by atoms with E-state index in [1.54, 1.807) is 17.2 Å². The van der Waals surface area contributed by atoms with Crippen molar-refractivity contribution in [2.45, 2.75) is 62.5 Å². The standard InChI is InChI=1S/C27H33N9O3/c1-14-6-5-11-30-20(14)24(39)31-12-18-21-27(35-25(28)34-21)22(37)19(13-36(27)26(29)33-18)32-23(38)17-10-4-8-15-7-2-3-9-16(15)17/h4-6,8,10-11,18-19,21-22,37H,2-3,7,9,12-13H2,1H3,(H2,29,33)(H,31,39)(H,32,38)(H3,28,34,35)/t18-,19?,21?,22+,27?/m0/s1. The summed E-state index contributed by atoms with van der Waals surface area (Å²) in [4.78, 5) is 41.3. The Bertz CT molecular complexity index is 1390. The number of aliphatic hydroxyl groups excluding tert-OH is 1. The quantitative estimate of drug-likeness (QED) is 0.288. The highest BCUT2D eigenvalue weighted by atomic mass is 16.3. The molecule has 39 heavy (non-hydrogen) atoms. The Balaban J connectivity index is 1.23. The van der Waals surface area contributed by atoms with Crippen LogP contribution in [0.15, 0.2) is 46.5 Å². The van der Waals surface area contributed by atoms with Gasteiger partial charge in [-0.25, -0.2) is 9.98 Å². The fourth-order valence-corrected chi connectivity index (χ4v) is 6.45. The predicted molar refractivity (Wildman–Crippen MR) is 145 cm³/mol. The van der Waals surface area contributed by atoms with Gasteiger partial charge >= 0.3 is 0 Å². The van der Waals surface area contributed by atoms with Crippen LogP contribution in [0.1, 0.15) is 50.4 Å². The van der Waals surface area contributed by atoms with Crippen LogP contribution in [0.2, 0.25) is 0 Å². The van der Waals surface area contributed by atoms with Gasteiger partial charge in [0.05, 0.1) is 12.1 Å². The first kappa shape index (κ1) is 25.1. The van der Waals surface area contributed by atoms with E-state index < -0.39 is 29.9 Å². The second-order valence-corrected chi connectivity index (χ2v) is 10.6. The van der Waals surface area contributed by atoms with Crippen molar-refractivity contribution in [1.29, 1.82) is 0 Å². The largest absolute Gasteiger partial charge is 0.386 e. The molecule has 1 fully saturated rings. The van der Waals surface area contributed by atoms with Gasteiger partial charge < -0.3 is 37.4 Å². The van der Waals surface area contributed by atoms with Crippen molar-refractivity contribution in [3.63, 3.8) is 0 Å². The minimum absolute atomic E-state index is 0.105. The van der Waals surface area contributed by atoms with E-state index in [1.807, 2.05) is 25.1 Å². The van der Waals surface area contributed by atoms with Crippen LogP contribution in [0, 0.1) is 6.92 Å². The van der Waals surface area contributed by atoms with Gasteiger partial charge in [0, 0.05) is 24.8 Å². The van der Waals surface area contributed by atoms with Gasteiger partial charge in [0.2, 0.25) is 0 Å². The molecule has 4 heterocycles. The van der Waals surface area contributed by atoms with Crippen LogP contribution in [0.3, 0.4) is 0 Å². The number of guanidine groups is 2. The number of aromatic nitrogens is 1. The summed E-state index contributed by atoms with van der Waals surface area (Å²) in [6.45, 7) is 2.13. The SMILES string of the molecule is Cc1cccnc1C(=O)NC[C@@H]1N=C(N)N2CC(NC(=O)c3cccc4c3CCCC4)[C@@H](O)C23NC(N)=NC13. The topological polar surface area (TPSA) is 183 Å². The van der Waals surface area contributed by atoms with E-state index >= 15 is 0 Å². The molecule has 204 valence electrons. The molecule has 0 bridgehead atoms. The first-order valence-corrected chi connectivity index (χ1v) is 13.3. The zero-order valence-corrected chi connectivity index (χ0v) is 21.7. The fraction of sp³-hybridized carbons (Fsp3) is 0.444. The number of aliphatic hydroxyl groups is 1. The average molecular weight is 532 g/mol. The van der Waals surface area contributed by atoms with Crippen LogP contribution in [0.4, 0.5) is 0 Å². The molecule has 1 saturated heterocycles. The Labute approximate surface area is 226 Å². The van der Waals surface area contributed by atoms with Crippen LogP contribution in [-0.2, 0) is 12.8 Å². The lowest BCUT2D eigenvalue weighted by atomic mass is 9.87. The minimum atomic E-state index is -1.21. The van der Waals surface area contributed by atoms with E-state index in [1.165, 1.54) is 5.56 Å². The summed E-state index contributed by atoms with van der Waals surface area (Å²) in [5.41, 5.74) is 15.3. The van der Waals surface area contributed by atoms with E-state index in [-0.39, 0.29) is 36.8 Å². The molecular weight excluding hydrogens is 498 g/mol. The molecule has 6 rings (SSSR count). The van der Waals surface area contributed by atoms with Crippen molar-refractivity contribution in [3.8, 4) is 0 Å². The molecule has 2 amide bonds. The zero-order chi connectivity index (χ0) is 27.3. The van der Waals surface area contributed by atoms with E-state index in [4.69, 9.17) is 11.5 Å². The van der Waals surface area contributed by atoms with Crippen molar-refractivity contribution in [1.82, 2.24) is 25.8 Å². The molecular formula is C27H33N9O3. The molecule has 1 spiro atoms. The normalized spacial score (nSPS) is 28.8. The van der Waals surface area contributed by atoms with Gasteiger partial charge in [0.1, 0.15) is 17.8 Å². The first-order chi connectivity index (χ1) is 18.8. The molecule has 0 radical (unpaired) electrons. The van der Waals surface area contributed by atoms with E-state index in [2.05, 4.69) is 37.0 Å². The van der Waals surface area contributed by atoms with Crippen molar-refractivity contribution in [3.05, 3.63) is 64.5 Å². The average Bonchev–Trinajstić information content (AvgIpc) is 3.43. The lowest BCUT2D eigenvalue weighted by molar-refractivity contribution is 0.0144. The number of nitrogens with one attached hydrogen (secondary N) is 3. The van der Waals surface area contributed by atoms with Crippen molar-refractivity contribution in [2.75, 3.05) is 13.1 Å². The number of fused-ring (bicyclic) bond motifs is 1. The predicted octanol–water partition coefficient (Wildman–Crippen LogP) is -0.847. The Kier molecular flexibility index (Phi) is 6.13. The summed E-state index contributed by atoms with van der Waals surface area (Å²) in [7, 11) is 0. The third-order valence-electron chi connectivity index (χ3n) is 8.31. The van der Waals surface area contributed by atoms with Crippen molar-refractivity contribution < 1.29 is 14.7 Å². The number of nitrogens with two attached hydrogens (primary N) is 2. The third kappa shape index (κ3) is 4.06. The van der Waals surface area contributed by atoms with Crippen molar-refractivity contribution in [2.24, 2.45) is 21.5 Å². The van der Waals surface area contributed by atoms with Gasteiger partial charge in [-0.2, -0.15) is 0 Å². The number of carbonyl (C=O) groups excluding carboxylic acids is 2. The summed E-state index contributed by atoms with van der Waals surface area (Å²) < 4.78 is 0. The summed E-state index contributed by atoms with van der Waals surface area (Å²) in [6, 6.07) is 7.48. The molecule has 1 aromatic heterocycles. The number of aryl methyl sites for hydroxylation is 2. The Morgan fingerprint density at radius 3 is 2.79 bits per heavy atom. The second kappa shape index (κ2) is 9.53. The first-order valence-electron chi connectivity index (χ1n) is 13.3. The minimum Gasteiger partial charge on any atom is -0.386 e. The number of pyridine rings is 1. The molecule has 12 heteroatoms. The molecule has 2 aromatic rings. The van der Waals surface area contributed by atoms with E-state index in [9.17, 15) is 14.7 Å². The highest BCUT2D eigenvalue weighted by molar-refractivity contribution is 5.97. The Hall–Kier alpha value is -4.19. The van der Waals surface area contributed by atoms with Gasteiger partial charge in [-0.1, -0.05) is 18.2 Å². The highest BCUT2D eigenvalue weighted by Crippen LogP contribution is 2.40. The molecule has 3 aliphatic heterocycles. The maximum Gasteiger partial charge on any atom is 0.270 e. The maximum atomic E-state index is 13.4. The summed E-state index contributed by atoms with van der Waals surface area (Å²) in [5, 5.41) is 20.7. The zero-order valence-electron chi connectivity index (χ0n) is 21.7. The molecule has 4 aliphatic rings. The molecule has 0 saturated carbocycles. The monoisotopic (exact) mass is 531 g/mol. The van der Waals surface area contributed by atoms with Crippen LogP contribution in [0.5, 0.6) is 0 Å². The molecule has 5 atom stereocenters. The number of rotatable bonds is 5. The maximum absolute atomic E-state index is 13.4. The Morgan fingerprint density at radius 1 is 1.15 bits per heavy atom. The molecule has 12 nitrogen and oxygen atoms in total. The van der Waals surface area contributed by atoms with Crippen molar-refractivity contribution >= 4 is 23.7 Å². The molecule has 8 N–H and O–H groups in total. The third-order valence-corrected chi connectivity index (χ3v) is 8.31. The van der Waals surface area contributed by atoms with Gasteiger partial charge in [0.25, 0.3) is 11.8 Å². The van der Waals surface area contributed by atoms with Crippen LogP contribution in [-0.4, -0.2) is 81.7 Å².